The molecule has 0 saturated heterocycles. The van der Waals surface area contributed by atoms with Crippen molar-refractivity contribution >= 4 is 5.91 Å². The Morgan fingerprint density at radius 1 is 1.05 bits per heavy atom. The van der Waals surface area contributed by atoms with Crippen molar-refractivity contribution in [2.24, 2.45) is 5.73 Å². The van der Waals surface area contributed by atoms with Crippen molar-refractivity contribution in [2.75, 3.05) is 7.11 Å². The van der Waals surface area contributed by atoms with E-state index in [4.69, 9.17) is 10.5 Å². The molecule has 0 fully saturated rings. The third kappa shape index (κ3) is 2.60. The average Bonchev–Trinajstić information content (AvgIpc) is 2.39. The number of aryl methyl sites for hydroxylation is 2. The third-order valence-corrected chi connectivity index (χ3v) is 3.22. The fourth-order valence-corrected chi connectivity index (χ4v) is 2.18. The predicted molar refractivity (Wildman–Crippen MR) is 76.4 cm³/mol. The van der Waals surface area contributed by atoms with Crippen molar-refractivity contribution in [3.8, 4) is 16.9 Å². The summed E-state index contributed by atoms with van der Waals surface area (Å²) in [4.78, 5) is 11.1. The summed E-state index contributed by atoms with van der Waals surface area (Å²) in [5, 5.41) is 0. The highest BCUT2D eigenvalue weighted by Gasteiger charge is 2.08. The molecule has 2 N–H and O–H groups in total. The van der Waals surface area contributed by atoms with Crippen LogP contribution in [-0.2, 0) is 0 Å². The van der Waals surface area contributed by atoms with Crippen LogP contribution < -0.4 is 10.5 Å². The van der Waals surface area contributed by atoms with Crippen molar-refractivity contribution in [2.45, 2.75) is 13.8 Å². The van der Waals surface area contributed by atoms with E-state index in [0.29, 0.717) is 5.56 Å². The molecule has 19 heavy (non-hydrogen) atoms. The number of primary amides is 1. The number of amides is 1. The smallest absolute Gasteiger partial charge is 0.248 e. The summed E-state index contributed by atoms with van der Waals surface area (Å²) in [5.41, 5.74) is 10.2. The molecule has 0 aliphatic carbocycles. The van der Waals surface area contributed by atoms with Crippen LogP contribution in [0.2, 0.25) is 0 Å². The lowest BCUT2D eigenvalue weighted by molar-refractivity contribution is 0.100. The molecule has 98 valence electrons. The first-order chi connectivity index (χ1) is 9.02. The molecule has 1 amide bonds. The van der Waals surface area contributed by atoms with Gasteiger partial charge in [-0.25, -0.2) is 0 Å². The first-order valence-electron chi connectivity index (χ1n) is 6.08. The van der Waals surface area contributed by atoms with E-state index in [9.17, 15) is 4.79 Å². The highest BCUT2D eigenvalue weighted by molar-refractivity contribution is 5.93. The number of rotatable bonds is 3. The summed E-state index contributed by atoms with van der Waals surface area (Å²) < 4.78 is 5.35. The summed E-state index contributed by atoms with van der Waals surface area (Å²) in [7, 11) is 1.66. The lowest BCUT2D eigenvalue weighted by Gasteiger charge is -2.12. The van der Waals surface area contributed by atoms with Crippen molar-refractivity contribution in [1.29, 1.82) is 0 Å². The highest BCUT2D eigenvalue weighted by atomic mass is 16.5. The minimum absolute atomic E-state index is 0.412. The monoisotopic (exact) mass is 255 g/mol. The molecule has 0 radical (unpaired) electrons. The van der Waals surface area contributed by atoms with Crippen LogP contribution in [0.1, 0.15) is 21.5 Å². The van der Waals surface area contributed by atoms with Crippen LogP contribution in [0.5, 0.6) is 5.75 Å². The zero-order valence-electron chi connectivity index (χ0n) is 11.4. The number of hydrogen-bond donors (Lipinski definition) is 1. The lowest BCUT2D eigenvalue weighted by Crippen LogP contribution is -2.10. The molecule has 2 aromatic rings. The quantitative estimate of drug-likeness (QED) is 0.916. The minimum atomic E-state index is -0.412. The maximum atomic E-state index is 11.1. The van der Waals surface area contributed by atoms with Gasteiger partial charge < -0.3 is 10.5 Å². The Balaban J connectivity index is 2.49. The van der Waals surface area contributed by atoms with E-state index < -0.39 is 5.91 Å². The molecule has 0 spiro atoms. The summed E-state index contributed by atoms with van der Waals surface area (Å²) in [6.07, 6.45) is 0. The number of ether oxygens (including phenoxy) is 1. The van der Waals surface area contributed by atoms with Gasteiger partial charge in [0.05, 0.1) is 7.11 Å². The second-order valence-electron chi connectivity index (χ2n) is 4.58. The Morgan fingerprint density at radius 2 is 1.68 bits per heavy atom. The highest BCUT2D eigenvalue weighted by Crippen LogP contribution is 2.30. The average molecular weight is 255 g/mol. The zero-order chi connectivity index (χ0) is 14.0. The van der Waals surface area contributed by atoms with Gasteiger partial charge in [0.1, 0.15) is 5.75 Å². The molecule has 0 aromatic heterocycles. The predicted octanol–water partition coefficient (Wildman–Crippen LogP) is 3.08. The van der Waals surface area contributed by atoms with Gasteiger partial charge in [-0.05, 0) is 54.3 Å². The second-order valence-corrected chi connectivity index (χ2v) is 4.58. The molecule has 2 rings (SSSR count). The first-order valence-corrected chi connectivity index (χ1v) is 6.08. The van der Waals surface area contributed by atoms with Crippen LogP contribution in [0.25, 0.3) is 11.1 Å². The standard InChI is InChI=1S/C16H17NO2/c1-10-8-11(2)15(19-3)9-14(10)12-4-6-13(7-5-12)16(17)18/h4-9H,1-3H3,(H2,17,18). The summed E-state index contributed by atoms with van der Waals surface area (Å²) >= 11 is 0. The van der Waals surface area contributed by atoms with E-state index in [2.05, 4.69) is 13.0 Å². The molecule has 0 unspecified atom stereocenters. The first kappa shape index (κ1) is 13.1. The number of hydrogen-bond acceptors (Lipinski definition) is 2. The van der Waals surface area contributed by atoms with Crippen LogP contribution in [0.15, 0.2) is 36.4 Å². The van der Waals surface area contributed by atoms with Gasteiger partial charge in [-0.15, -0.1) is 0 Å². The van der Waals surface area contributed by atoms with Gasteiger partial charge in [0, 0.05) is 5.56 Å². The molecule has 0 saturated carbocycles. The Labute approximate surface area is 113 Å². The topological polar surface area (TPSA) is 52.3 Å². The van der Waals surface area contributed by atoms with Crippen LogP contribution in [0, 0.1) is 13.8 Å². The lowest BCUT2D eigenvalue weighted by atomic mass is 9.97. The summed E-state index contributed by atoms with van der Waals surface area (Å²) in [5.74, 6) is 0.448. The van der Waals surface area contributed by atoms with Gasteiger partial charge in [0.25, 0.3) is 0 Å². The Hall–Kier alpha value is -2.29. The van der Waals surface area contributed by atoms with Gasteiger partial charge in [0.15, 0.2) is 0 Å². The maximum absolute atomic E-state index is 11.1. The van der Waals surface area contributed by atoms with Crippen molar-refractivity contribution in [1.82, 2.24) is 0 Å². The van der Waals surface area contributed by atoms with Crippen molar-refractivity contribution < 1.29 is 9.53 Å². The van der Waals surface area contributed by atoms with Crippen LogP contribution >= 0.6 is 0 Å². The van der Waals surface area contributed by atoms with E-state index in [1.165, 1.54) is 5.56 Å². The molecule has 0 heterocycles. The zero-order valence-corrected chi connectivity index (χ0v) is 11.4. The molecule has 0 atom stereocenters. The number of nitrogens with two attached hydrogens (primary N) is 1. The van der Waals surface area contributed by atoms with Gasteiger partial charge >= 0.3 is 0 Å². The molecular formula is C16H17NO2. The van der Waals surface area contributed by atoms with E-state index in [1.807, 2.05) is 25.1 Å². The molecule has 0 aliphatic rings. The summed E-state index contributed by atoms with van der Waals surface area (Å²) in [6, 6.07) is 11.4. The Morgan fingerprint density at radius 3 is 2.21 bits per heavy atom. The number of carbonyl (C=O) groups excluding carboxylic acids is 1. The largest absolute Gasteiger partial charge is 0.496 e. The maximum Gasteiger partial charge on any atom is 0.248 e. The minimum Gasteiger partial charge on any atom is -0.496 e. The molecule has 3 heteroatoms. The number of methoxy groups -OCH3 is 1. The summed E-state index contributed by atoms with van der Waals surface area (Å²) in [6.45, 7) is 4.08. The molecule has 3 nitrogen and oxygen atoms in total. The fraction of sp³-hybridized carbons (Fsp3) is 0.188. The van der Waals surface area contributed by atoms with Gasteiger partial charge in [-0.3, -0.25) is 4.79 Å². The van der Waals surface area contributed by atoms with Gasteiger partial charge in [0.2, 0.25) is 5.91 Å². The van der Waals surface area contributed by atoms with E-state index >= 15 is 0 Å². The molecule has 2 aromatic carbocycles. The molecule has 0 bridgehead atoms. The number of benzene rings is 2. The van der Waals surface area contributed by atoms with Crippen LogP contribution in [0.4, 0.5) is 0 Å². The van der Waals surface area contributed by atoms with Crippen LogP contribution in [0.3, 0.4) is 0 Å². The van der Waals surface area contributed by atoms with Crippen LogP contribution in [-0.4, -0.2) is 13.0 Å². The number of carbonyl (C=O) groups is 1. The third-order valence-electron chi connectivity index (χ3n) is 3.22. The van der Waals surface area contributed by atoms with Crippen molar-refractivity contribution in [3.63, 3.8) is 0 Å². The van der Waals surface area contributed by atoms with E-state index in [0.717, 1.165) is 22.4 Å². The van der Waals surface area contributed by atoms with Gasteiger partial charge in [-0.1, -0.05) is 18.2 Å². The Bertz CT molecular complexity index is 615. The molecular weight excluding hydrogens is 238 g/mol. The normalized spacial score (nSPS) is 10.3. The second kappa shape index (κ2) is 5.14. The molecule has 0 aliphatic heterocycles. The van der Waals surface area contributed by atoms with Gasteiger partial charge in [-0.2, -0.15) is 0 Å². The SMILES string of the molecule is COc1cc(-c2ccc(C(N)=O)cc2)c(C)cc1C. The Kier molecular flexibility index (Phi) is 3.56. The van der Waals surface area contributed by atoms with E-state index in [1.54, 1.807) is 19.2 Å². The fourth-order valence-electron chi connectivity index (χ4n) is 2.18. The van der Waals surface area contributed by atoms with Crippen molar-refractivity contribution in [3.05, 3.63) is 53.1 Å². The van der Waals surface area contributed by atoms with E-state index in [-0.39, 0.29) is 0 Å².